The molecule has 43 heavy (non-hydrogen) atoms. The van der Waals surface area contributed by atoms with Gasteiger partial charge in [0.05, 0.1) is 5.69 Å². The van der Waals surface area contributed by atoms with Crippen LogP contribution in [0.5, 0.6) is 0 Å². The molecule has 11 nitrogen and oxygen atoms in total. The Kier molecular flexibility index (Phi) is 8.07. The molecular weight excluding hydrogens is 560 g/mol. The quantitative estimate of drug-likeness (QED) is 0.138. The monoisotopic (exact) mass is 602 g/mol. The van der Waals surface area contributed by atoms with Crippen molar-refractivity contribution in [2.75, 3.05) is 11.9 Å². The third-order valence-electron chi connectivity index (χ3n) is 8.71. The number of anilines is 1. The SMILES string of the molecule is Cc1nonc1-c1nnc(C(C(=O)Nc2ccc(-c3c(C)nn(COCC[Si](C)(C)C)c3C)cc2)C(C2CC2)C2CC2)[nH]1. The van der Waals surface area contributed by atoms with Gasteiger partial charge in [-0.15, -0.1) is 10.2 Å². The number of nitrogens with zero attached hydrogens (tertiary/aromatic N) is 6. The first-order valence-electron chi connectivity index (χ1n) is 15.3. The van der Waals surface area contributed by atoms with Crippen LogP contribution in [0.4, 0.5) is 5.69 Å². The Morgan fingerprint density at radius 1 is 1.05 bits per heavy atom. The van der Waals surface area contributed by atoms with Gasteiger partial charge in [0, 0.05) is 31.6 Å². The van der Waals surface area contributed by atoms with E-state index in [-0.39, 0.29) is 11.8 Å². The predicted molar refractivity (Wildman–Crippen MR) is 166 cm³/mol. The second-order valence-electron chi connectivity index (χ2n) is 13.4. The normalized spacial score (nSPS) is 16.2. The van der Waals surface area contributed by atoms with Gasteiger partial charge in [0.25, 0.3) is 0 Å². The highest BCUT2D eigenvalue weighted by Crippen LogP contribution is 2.54. The van der Waals surface area contributed by atoms with E-state index in [1.807, 2.05) is 35.9 Å². The fourth-order valence-electron chi connectivity index (χ4n) is 6.05. The van der Waals surface area contributed by atoms with Gasteiger partial charge in [-0.3, -0.25) is 4.79 Å². The van der Waals surface area contributed by atoms with Crippen molar-refractivity contribution in [3.8, 4) is 22.6 Å². The number of carbonyl (C=O) groups excluding carboxylic acids is 1. The minimum absolute atomic E-state index is 0.0649. The van der Waals surface area contributed by atoms with Crippen molar-refractivity contribution in [1.82, 2.24) is 35.3 Å². The highest BCUT2D eigenvalue weighted by molar-refractivity contribution is 6.76. The molecule has 1 atom stereocenters. The lowest BCUT2D eigenvalue weighted by molar-refractivity contribution is -0.119. The highest BCUT2D eigenvalue weighted by atomic mass is 28.3. The Labute approximate surface area is 253 Å². The molecule has 12 heteroatoms. The van der Waals surface area contributed by atoms with Gasteiger partial charge in [0.2, 0.25) is 5.91 Å². The molecular formula is C31H42N8O3Si. The molecule has 2 aliphatic carbocycles. The zero-order chi connectivity index (χ0) is 30.3. The topological polar surface area (TPSA) is 137 Å². The summed E-state index contributed by atoms with van der Waals surface area (Å²) in [5.74, 6) is 1.86. The maximum atomic E-state index is 14.0. The molecule has 2 N–H and O–H groups in total. The molecule has 3 aromatic heterocycles. The zero-order valence-electron chi connectivity index (χ0n) is 26.0. The van der Waals surface area contributed by atoms with Crippen LogP contribution < -0.4 is 5.32 Å². The molecule has 1 amide bonds. The number of aromatic amines is 1. The number of nitrogens with one attached hydrogen (secondary N) is 2. The number of hydrogen-bond donors (Lipinski definition) is 2. The minimum atomic E-state index is -1.14. The summed E-state index contributed by atoms with van der Waals surface area (Å²) >= 11 is 0. The van der Waals surface area contributed by atoms with Gasteiger partial charge in [0.1, 0.15) is 24.2 Å². The van der Waals surface area contributed by atoms with Crippen molar-refractivity contribution in [1.29, 1.82) is 0 Å². The molecule has 2 fully saturated rings. The molecule has 0 aliphatic heterocycles. The van der Waals surface area contributed by atoms with Gasteiger partial charge >= 0.3 is 0 Å². The average molecular weight is 603 g/mol. The van der Waals surface area contributed by atoms with E-state index in [2.05, 4.69) is 57.4 Å². The maximum absolute atomic E-state index is 14.0. The standard InChI is InChI=1S/C31H42N8O3Si/c1-18-25(20(3)39(36-18)17-41-15-16-43(4,5)6)21-11-13-24(14-12-21)32-31(40)27(26(22-7-8-22)23-9-10-23)29-33-30(35-34-29)28-19(2)37-42-38-28/h11-14,22-23,26-27H,7-10,15-17H2,1-6H3,(H,32,40)(H,33,34,35). The van der Waals surface area contributed by atoms with E-state index >= 15 is 0 Å². The summed E-state index contributed by atoms with van der Waals surface area (Å²) in [5.41, 5.74) is 6.06. The Bertz CT molecular complexity index is 1560. The molecule has 2 aliphatic rings. The summed E-state index contributed by atoms with van der Waals surface area (Å²) in [5, 5.41) is 24.5. The third-order valence-corrected chi connectivity index (χ3v) is 10.4. The van der Waals surface area contributed by atoms with Gasteiger partial charge < -0.3 is 15.0 Å². The van der Waals surface area contributed by atoms with Gasteiger partial charge in [-0.1, -0.05) is 36.9 Å². The lowest BCUT2D eigenvalue weighted by atomic mass is 9.82. The molecule has 1 unspecified atom stereocenters. The molecule has 0 spiro atoms. The van der Waals surface area contributed by atoms with Crippen LogP contribution >= 0.6 is 0 Å². The number of aryl methyl sites for hydroxylation is 2. The van der Waals surface area contributed by atoms with Crippen molar-refractivity contribution in [3.63, 3.8) is 0 Å². The van der Waals surface area contributed by atoms with Gasteiger partial charge in [-0.05, 0) is 93.1 Å². The number of rotatable bonds is 13. The molecule has 0 bridgehead atoms. The van der Waals surface area contributed by atoms with Crippen LogP contribution in [0.15, 0.2) is 28.9 Å². The number of H-pyrrole nitrogens is 1. The van der Waals surface area contributed by atoms with E-state index in [0.717, 1.165) is 66.5 Å². The van der Waals surface area contributed by atoms with Crippen LogP contribution in [0, 0.1) is 38.5 Å². The lowest BCUT2D eigenvalue weighted by Gasteiger charge is -2.24. The van der Waals surface area contributed by atoms with Crippen LogP contribution in [-0.4, -0.2) is 55.9 Å². The second kappa shape index (κ2) is 11.8. The average Bonchev–Trinajstić information content (AvgIpc) is 3.87. The molecule has 0 radical (unpaired) electrons. The van der Waals surface area contributed by atoms with E-state index in [4.69, 9.17) is 14.5 Å². The first-order valence-corrected chi connectivity index (χ1v) is 19.0. The van der Waals surface area contributed by atoms with E-state index < -0.39 is 14.0 Å². The predicted octanol–water partition coefficient (Wildman–Crippen LogP) is 6.11. The summed E-state index contributed by atoms with van der Waals surface area (Å²) in [6, 6.07) is 9.15. The molecule has 2 saturated carbocycles. The van der Waals surface area contributed by atoms with E-state index in [9.17, 15) is 4.79 Å². The van der Waals surface area contributed by atoms with Crippen LogP contribution in [-0.2, 0) is 16.3 Å². The number of amides is 1. The fraction of sp³-hybridized carbons (Fsp3) is 0.548. The number of benzene rings is 1. The summed E-state index contributed by atoms with van der Waals surface area (Å²) in [7, 11) is -1.14. The van der Waals surface area contributed by atoms with Crippen LogP contribution in [0.2, 0.25) is 25.7 Å². The summed E-state index contributed by atoms with van der Waals surface area (Å²) in [6.45, 7) is 14.2. The minimum Gasteiger partial charge on any atom is -0.360 e. The van der Waals surface area contributed by atoms with Gasteiger partial charge in [-0.2, -0.15) is 5.10 Å². The fourth-order valence-corrected chi connectivity index (χ4v) is 6.81. The van der Waals surface area contributed by atoms with E-state index in [0.29, 0.717) is 41.6 Å². The van der Waals surface area contributed by atoms with Crippen molar-refractivity contribution in [2.24, 2.45) is 17.8 Å². The van der Waals surface area contributed by atoms with Crippen LogP contribution in [0.25, 0.3) is 22.6 Å². The summed E-state index contributed by atoms with van der Waals surface area (Å²) in [6.07, 6.45) is 4.62. The van der Waals surface area contributed by atoms with E-state index in [1.54, 1.807) is 6.92 Å². The Balaban J connectivity index is 1.18. The maximum Gasteiger partial charge on any atom is 0.235 e. The van der Waals surface area contributed by atoms with E-state index in [1.165, 1.54) is 0 Å². The number of aromatic nitrogens is 7. The highest BCUT2D eigenvalue weighted by Gasteiger charge is 2.49. The smallest absolute Gasteiger partial charge is 0.235 e. The Morgan fingerprint density at radius 3 is 2.35 bits per heavy atom. The summed E-state index contributed by atoms with van der Waals surface area (Å²) < 4.78 is 12.7. The Morgan fingerprint density at radius 2 is 1.74 bits per heavy atom. The van der Waals surface area contributed by atoms with Crippen molar-refractivity contribution >= 4 is 19.7 Å². The molecule has 1 aromatic carbocycles. The van der Waals surface area contributed by atoms with Crippen LogP contribution in [0.1, 0.15) is 54.5 Å². The van der Waals surface area contributed by atoms with Gasteiger partial charge in [-0.25, -0.2) is 9.31 Å². The molecule has 0 saturated heterocycles. The molecule has 6 rings (SSSR count). The number of ether oxygens (including phenoxy) is 1. The van der Waals surface area contributed by atoms with Crippen molar-refractivity contribution < 1.29 is 14.2 Å². The van der Waals surface area contributed by atoms with Crippen molar-refractivity contribution in [2.45, 2.75) is 84.8 Å². The zero-order valence-corrected chi connectivity index (χ0v) is 27.0. The van der Waals surface area contributed by atoms with Crippen molar-refractivity contribution in [3.05, 3.63) is 47.2 Å². The molecule has 228 valence electrons. The first kappa shape index (κ1) is 29.4. The number of carbonyl (C=O) groups is 1. The Hall–Kier alpha value is -3.64. The number of hydrogen-bond acceptors (Lipinski definition) is 8. The molecule has 4 aromatic rings. The first-order chi connectivity index (χ1) is 20.6. The largest absolute Gasteiger partial charge is 0.360 e. The summed E-state index contributed by atoms with van der Waals surface area (Å²) in [4.78, 5) is 17.2. The second-order valence-corrected chi connectivity index (χ2v) is 19.1. The van der Waals surface area contributed by atoms with Gasteiger partial charge in [0.15, 0.2) is 11.5 Å². The van der Waals surface area contributed by atoms with Crippen LogP contribution in [0.3, 0.4) is 0 Å². The molecule has 3 heterocycles. The lowest BCUT2D eigenvalue weighted by Crippen LogP contribution is -2.31. The third kappa shape index (κ3) is 6.64.